The highest BCUT2D eigenvalue weighted by Gasteiger charge is 2.12. The summed E-state index contributed by atoms with van der Waals surface area (Å²) in [5.74, 6) is 0. The Morgan fingerprint density at radius 1 is 1.39 bits per heavy atom. The Morgan fingerprint density at radius 2 is 2.11 bits per heavy atom. The summed E-state index contributed by atoms with van der Waals surface area (Å²) >= 11 is 1.22. The molecule has 0 fully saturated rings. The van der Waals surface area contributed by atoms with Gasteiger partial charge in [0.25, 0.3) is 5.22 Å². The lowest BCUT2D eigenvalue weighted by Crippen LogP contribution is -2.12. The minimum absolute atomic E-state index is 0.0204. The van der Waals surface area contributed by atoms with E-state index in [0.29, 0.717) is 15.8 Å². The van der Waals surface area contributed by atoms with E-state index in [9.17, 15) is 8.42 Å². The summed E-state index contributed by atoms with van der Waals surface area (Å²) < 4.78 is 27.5. The first-order valence-electron chi connectivity index (χ1n) is 4.88. The van der Waals surface area contributed by atoms with Crippen LogP contribution in [-0.2, 0) is 10.0 Å². The molecule has 0 spiro atoms. The van der Waals surface area contributed by atoms with Crippen LogP contribution in [0.15, 0.2) is 43.9 Å². The first-order chi connectivity index (χ1) is 8.36. The molecule has 0 unspecified atom stereocenters. The number of aromatic nitrogens is 1. The number of nitrogen functional groups attached to an aromatic ring is 1. The fourth-order valence-corrected chi connectivity index (χ4v) is 2.61. The number of primary sulfonamides is 1. The molecule has 2 rings (SSSR count). The van der Waals surface area contributed by atoms with Gasteiger partial charge in [0.15, 0.2) is 0 Å². The standard InChI is InChI=1S/C10H11N3O3S2/c1-6-5-16-10(13-6)17-9-3-2-7(4-8(9)11)18(12,14)15/h2-5H,11H2,1H3,(H2,12,14,15). The van der Waals surface area contributed by atoms with Gasteiger partial charge in [-0.15, -0.1) is 0 Å². The zero-order valence-electron chi connectivity index (χ0n) is 9.45. The number of nitrogens with zero attached hydrogens (tertiary/aromatic N) is 1. The van der Waals surface area contributed by atoms with E-state index in [2.05, 4.69) is 4.98 Å². The Hall–Kier alpha value is -1.51. The first kappa shape index (κ1) is 12.9. The van der Waals surface area contributed by atoms with Gasteiger partial charge >= 0.3 is 0 Å². The Kier molecular flexibility index (Phi) is 3.33. The molecule has 0 amide bonds. The smallest absolute Gasteiger partial charge is 0.260 e. The van der Waals surface area contributed by atoms with Gasteiger partial charge in [-0.3, -0.25) is 0 Å². The molecule has 0 aliphatic heterocycles. The van der Waals surface area contributed by atoms with E-state index in [1.807, 2.05) is 0 Å². The first-order valence-corrected chi connectivity index (χ1v) is 7.25. The number of hydrogen-bond acceptors (Lipinski definition) is 6. The molecule has 0 atom stereocenters. The number of rotatable bonds is 3. The second kappa shape index (κ2) is 4.63. The third-order valence-electron chi connectivity index (χ3n) is 2.10. The van der Waals surface area contributed by atoms with Gasteiger partial charge in [-0.05, 0) is 36.9 Å². The highest BCUT2D eigenvalue weighted by molar-refractivity contribution is 7.99. The molecule has 0 bridgehead atoms. The largest absolute Gasteiger partial charge is 0.439 e. The Balaban J connectivity index is 2.31. The lowest BCUT2D eigenvalue weighted by molar-refractivity contribution is 0.454. The van der Waals surface area contributed by atoms with Crippen LogP contribution in [0.3, 0.4) is 0 Å². The SMILES string of the molecule is Cc1coc(Sc2ccc(S(N)(=O)=O)cc2N)n1. The van der Waals surface area contributed by atoms with Crippen molar-refractivity contribution in [3.8, 4) is 0 Å². The molecule has 2 aromatic rings. The summed E-state index contributed by atoms with van der Waals surface area (Å²) in [6.45, 7) is 1.81. The lowest BCUT2D eigenvalue weighted by atomic mass is 10.3. The third-order valence-corrected chi connectivity index (χ3v) is 3.97. The van der Waals surface area contributed by atoms with Crippen molar-refractivity contribution in [1.29, 1.82) is 0 Å². The van der Waals surface area contributed by atoms with Crippen LogP contribution in [0, 0.1) is 6.92 Å². The Morgan fingerprint density at radius 3 is 2.61 bits per heavy atom. The zero-order valence-corrected chi connectivity index (χ0v) is 11.1. The zero-order chi connectivity index (χ0) is 13.3. The summed E-state index contributed by atoms with van der Waals surface area (Å²) in [6, 6.07) is 4.27. The van der Waals surface area contributed by atoms with Crippen molar-refractivity contribution in [2.24, 2.45) is 5.14 Å². The van der Waals surface area contributed by atoms with Crippen molar-refractivity contribution < 1.29 is 12.8 Å². The number of oxazole rings is 1. The molecule has 1 aromatic carbocycles. The van der Waals surface area contributed by atoms with Gasteiger partial charge in [0.2, 0.25) is 10.0 Å². The van der Waals surface area contributed by atoms with Gasteiger partial charge in [-0.1, -0.05) is 0 Å². The Labute approximate surface area is 108 Å². The van der Waals surface area contributed by atoms with E-state index in [1.54, 1.807) is 13.0 Å². The molecule has 1 heterocycles. The summed E-state index contributed by atoms with van der Waals surface area (Å²) in [4.78, 5) is 4.75. The quantitative estimate of drug-likeness (QED) is 0.823. The van der Waals surface area contributed by atoms with E-state index in [1.165, 1.54) is 30.2 Å². The van der Waals surface area contributed by atoms with Gasteiger partial charge in [0, 0.05) is 10.6 Å². The van der Waals surface area contributed by atoms with Crippen molar-refractivity contribution in [3.63, 3.8) is 0 Å². The fourth-order valence-electron chi connectivity index (χ4n) is 1.27. The highest BCUT2D eigenvalue weighted by Crippen LogP contribution is 2.32. The average Bonchev–Trinajstić information content (AvgIpc) is 2.65. The number of benzene rings is 1. The molecule has 0 saturated heterocycles. The maximum Gasteiger partial charge on any atom is 0.260 e. The van der Waals surface area contributed by atoms with Gasteiger partial charge in [-0.2, -0.15) is 0 Å². The highest BCUT2D eigenvalue weighted by atomic mass is 32.2. The van der Waals surface area contributed by atoms with Gasteiger partial charge in [0.05, 0.1) is 10.6 Å². The fraction of sp³-hybridized carbons (Fsp3) is 0.100. The van der Waals surface area contributed by atoms with Crippen LogP contribution in [0.5, 0.6) is 0 Å². The molecule has 0 aliphatic carbocycles. The molecule has 0 saturated carbocycles. The van der Waals surface area contributed by atoms with Crippen LogP contribution in [-0.4, -0.2) is 13.4 Å². The van der Waals surface area contributed by atoms with Crippen LogP contribution in [0.2, 0.25) is 0 Å². The van der Waals surface area contributed by atoms with E-state index >= 15 is 0 Å². The normalized spacial score (nSPS) is 11.7. The second-order valence-electron chi connectivity index (χ2n) is 3.60. The van der Waals surface area contributed by atoms with Crippen molar-refractivity contribution >= 4 is 27.5 Å². The summed E-state index contributed by atoms with van der Waals surface area (Å²) in [7, 11) is -3.74. The molecule has 6 nitrogen and oxygen atoms in total. The molecule has 4 N–H and O–H groups in total. The maximum atomic E-state index is 11.1. The van der Waals surface area contributed by atoms with Crippen LogP contribution < -0.4 is 10.9 Å². The maximum absolute atomic E-state index is 11.1. The predicted octanol–water partition coefficient (Wildman–Crippen LogP) is 1.36. The molecule has 8 heteroatoms. The van der Waals surface area contributed by atoms with Crippen LogP contribution in [0.4, 0.5) is 5.69 Å². The third kappa shape index (κ3) is 2.84. The van der Waals surface area contributed by atoms with Crippen molar-refractivity contribution in [2.45, 2.75) is 21.9 Å². The van der Waals surface area contributed by atoms with Crippen molar-refractivity contribution in [3.05, 3.63) is 30.2 Å². The van der Waals surface area contributed by atoms with Gasteiger partial charge in [-0.25, -0.2) is 18.5 Å². The molecule has 18 heavy (non-hydrogen) atoms. The number of sulfonamides is 1. The van der Waals surface area contributed by atoms with E-state index in [4.69, 9.17) is 15.3 Å². The second-order valence-corrected chi connectivity index (χ2v) is 6.16. The molecule has 0 radical (unpaired) electrons. The molecule has 96 valence electrons. The van der Waals surface area contributed by atoms with Crippen LogP contribution in [0.1, 0.15) is 5.69 Å². The van der Waals surface area contributed by atoms with Gasteiger partial charge in [0.1, 0.15) is 6.26 Å². The number of nitrogens with two attached hydrogens (primary N) is 2. The van der Waals surface area contributed by atoms with E-state index in [-0.39, 0.29) is 4.90 Å². The minimum atomic E-state index is -3.74. The topological polar surface area (TPSA) is 112 Å². The number of hydrogen-bond donors (Lipinski definition) is 2. The minimum Gasteiger partial charge on any atom is -0.439 e. The molecule has 0 aliphatic rings. The van der Waals surface area contributed by atoms with E-state index in [0.717, 1.165) is 5.69 Å². The van der Waals surface area contributed by atoms with Crippen LogP contribution >= 0.6 is 11.8 Å². The summed E-state index contributed by atoms with van der Waals surface area (Å²) in [6.07, 6.45) is 1.53. The van der Waals surface area contributed by atoms with Gasteiger partial charge < -0.3 is 10.2 Å². The predicted molar refractivity (Wildman–Crippen MR) is 67.6 cm³/mol. The lowest BCUT2D eigenvalue weighted by Gasteiger charge is -2.04. The number of anilines is 1. The summed E-state index contributed by atoms with van der Waals surface area (Å²) in [5, 5.41) is 5.46. The average molecular weight is 285 g/mol. The van der Waals surface area contributed by atoms with Crippen molar-refractivity contribution in [2.75, 3.05) is 5.73 Å². The van der Waals surface area contributed by atoms with Crippen LogP contribution in [0.25, 0.3) is 0 Å². The number of aryl methyl sites for hydroxylation is 1. The molecular formula is C10H11N3O3S2. The summed E-state index contributed by atoms with van der Waals surface area (Å²) in [5.41, 5.74) is 6.83. The van der Waals surface area contributed by atoms with Crippen molar-refractivity contribution in [1.82, 2.24) is 4.98 Å². The monoisotopic (exact) mass is 285 g/mol. The molecular weight excluding hydrogens is 274 g/mol. The van der Waals surface area contributed by atoms with E-state index < -0.39 is 10.0 Å². The Bertz CT molecular complexity index is 679. The molecule has 1 aromatic heterocycles.